The van der Waals surface area contributed by atoms with Crippen molar-refractivity contribution >= 4 is 11.6 Å². The molecule has 3 rings (SSSR count). The van der Waals surface area contributed by atoms with Crippen molar-refractivity contribution in [3.8, 4) is 5.75 Å². The minimum atomic E-state index is -1.15. The van der Waals surface area contributed by atoms with Crippen molar-refractivity contribution in [2.45, 2.75) is 12.2 Å². The van der Waals surface area contributed by atoms with Crippen LogP contribution < -0.4 is 10.1 Å². The highest BCUT2D eigenvalue weighted by Crippen LogP contribution is 2.41. The predicted octanol–water partition coefficient (Wildman–Crippen LogP) is 2.69. The molecule has 4 heteroatoms. The molecule has 3 nitrogen and oxygen atoms in total. The molecule has 0 bridgehead atoms. The Morgan fingerprint density at radius 2 is 1.95 bits per heavy atom. The molecule has 2 aromatic carbocycles. The molecule has 2 aromatic rings. The normalized spacial score (nSPS) is 20.6. The van der Waals surface area contributed by atoms with Crippen molar-refractivity contribution < 1.29 is 9.84 Å². The lowest BCUT2D eigenvalue weighted by Gasteiger charge is -2.29. The molecule has 1 aliphatic rings. The van der Waals surface area contributed by atoms with Gasteiger partial charge in [-0.05, 0) is 24.7 Å². The van der Waals surface area contributed by atoms with E-state index in [0.29, 0.717) is 23.9 Å². The van der Waals surface area contributed by atoms with Crippen LogP contribution in [0.25, 0.3) is 0 Å². The molecule has 0 fully saturated rings. The highest BCUT2D eigenvalue weighted by molar-refractivity contribution is 6.31. The maximum Gasteiger partial charge on any atom is 0.131 e. The van der Waals surface area contributed by atoms with E-state index in [1.165, 1.54) is 0 Å². The van der Waals surface area contributed by atoms with Crippen LogP contribution in [-0.2, 0) is 12.2 Å². The Bertz CT molecular complexity index is 644. The van der Waals surface area contributed by atoms with Crippen LogP contribution in [0.1, 0.15) is 16.7 Å². The highest BCUT2D eigenvalue weighted by atomic mass is 35.5. The average molecular weight is 290 g/mol. The smallest absolute Gasteiger partial charge is 0.131 e. The fourth-order valence-electron chi connectivity index (χ4n) is 2.77. The molecule has 104 valence electrons. The summed E-state index contributed by atoms with van der Waals surface area (Å²) in [6, 6.07) is 13.1. The van der Waals surface area contributed by atoms with Gasteiger partial charge in [-0.2, -0.15) is 0 Å². The van der Waals surface area contributed by atoms with Crippen molar-refractivity contribution in [3.05, 3.63) is 64.2 Å². The van der Waals surface area contributed by atoms with Crippen molar-refractivity contribution in [2.75, 3.05) is 13.6 Å². The summed E-state index contributed by atoms with van der Waals surface area (Å²) < 4.78 is 5.83. The second-order valence-electron chi connectivity index (χ2n) is 4.94. The molecule has 0 saturated heterocycles. The predicted molar refractivity (Wildman–Crippen MR) is 79.2 cm³/mol. The minimum absolute atomic E-state index is 0.359. The Morgan fingerprint density at radius 3 is 2.75 bits per heavy atom. The number of para-hydroxylation sites is 1. The molecular weight excluding hydrogens is 274 g/mol. The number of nitrogens with one attached hydrogen (secondary N) is 1. The van der Waals surface area contributed by atoms with Crippen LogP contribution in [0.2, 0.25) is 5.02 Å². The largest absolute Gasteiger partial charge is 0.488 e. The van der Waals surface area contributed by atoms with Gasteiger partial charge in [0.1, 0.15) is 18.0 Å². The van der Waals surface area contributed by atoms with E-state index in [9.17, 15) is 5.11 Å². The topological polar surface area (TPSA) is 41.5 Å². The standard InChI is InChI=1S/C16H16ClNO2/c1-18-10-16(19)12-6-4-7-14(17)11(12)9-20-15-8-3-2-5-13(15)16/h2-8,18-19H,9-10H2,1H3. The Balaban J connectivity index is 2.28. The zero-order chi connectivity index (χ0) is 14.2. The first kappa shape index (κ1) is 13.4. The van der Waals surface area contributed by atoms with Gasteiger partial charge in [-0.3, -0.25) is 0 Å². The Labute approximate surface area is 123 Å². The first-order valence-corrected chi connectivity index (χ1v) is 6.92. The van der Waals surface area contributed by atoms with Gasteiger partial charge < -0.3 is 15.2 Å². The molecule has 0 radical (unpaired) electrons. The quantitative estimate of drug-likeness (QED) is 0.893. The van der Waals surface area contributed by atoms with Crippen molar-refractivity contribution in [1.82, 2.24) is 5.32 Å². The molecule has 0 aliphatic carbocycles. The summed E-state index contributed by atoms with van der Waals surface area (Å²) in [5, 5.41) is 15.0. The maximum atomic E-state index is 11.3. The van der Waals surface area contributed by atoms with Gasteiger partial charge >= 0.3 is 0 Å². The van der Waals surface area contributed by atoms with Crippen molar-refractivity contribution in [2.24, 2.45) is 0 Å². The van der Waals surface area contributed by atoms with Crippen molar-refractivity contribution in [1.29, 1.82) is 0 Å². The maximum absolute atomic E-state index is 11.3. The second kappa shape index (κ2) is 5.09. The summed E-state index contributed by atoms with van der Waals surface area (Å²) in [5.41, 5.74) is 1.24. The Hall–Kier alpha value is -1.55. The number of likely N-dealkylation sites (N-methyl/N-ethyl adjacent to an activating group) is 1. The van der Waals surface area contributed by atoms with Gasteiger partial charge in [0.2, 0.25) is 0 Å². The number of fused-ring (bicyclic) bond motifs is 2. The number of aliphatic hydroxyl groups is 1. The van der Waals surface area contributed by atoms with Crippen LogP contribution >= 0.6 is 11.6 Å². The molecule has 0 amide bonds. The SMILES string of the molecule is CNCC1(O)c2ccccc2OCc2c(Cl)cccc21. The van der Waals surface area contributed by atoms with Crippen LogP contribution in [0.5, 0.6) is 5.75 Å². The molecule has 1 aliphatic heterocycles. The average Bonchev–Trinajstić information content (AvgIpc) is 2.57. The minimum Gasteiger partial charge on any atom is -0.488 e. The van der Waals surface area contributed by atoms with Crippen LogP contribution in [0.4, 0.5) is 0 Å². The molecule has 1 atom stereocenters. The summed E-state index contributed by atoms with van der Waals surface area (Å²) in [6.07, 6.45) is 0. The van der Waals surface area contributed by atoms with Crippen molar-refractivity contribution in [3.63, 3.8) is 0 Å². The van der Waals surface area contributed by atoms with Gasteiger partial charge in [0.15, 0.2) is 0 Å². The number of hydrogen-bond donors (Lipinski definition) is 2. The van der Waals surface area contributed by atoms with Gasteiger partial charge in [-0.1, -0.05) is 41.9 Å². The van der Waals surface area contributed by atoms with E-state index in [4.69, 9.17) is 16.3 Å². The number of ether oxygens (including phenoxy) is 1. The fourth-order valence-corrected chi connectivity index (χ4v) is 3.00. The summed E-state index contributed by atoms with van der Waals surface area (Å²) in [4.78, 5) is 0. The van der Waals surface area contributed by atoms with Gasteiger partial charge in [0.25, 0.3) is 0 Å². The first-order chi connectivity index (χ1) is 9.66. The lowest BCUT2D eigenvalue weighted by Crippen LogP contribution is -2.38. The first-order valence-electron chi connectivity index (χ1n) is 6.54. The summed E-state index contributed by atoms with van der Waals surface area (Å²) in [7, 11) is 1.82. The number of hydrogen-bond acceptors (Lipinski definition) is 3. The molecule has 0 aromatic heterocycles. The molecule has 0 spiro atoms. The lowest BCUT2D eigenvalue weighted by molar-refractivity contribution is 0.0815. The Kier molecular flexibility index (Phi) is 3.42. The molecule has 20 heavy (non-hydrogen) atoms. The van der Waals surface area contributed by atoms with Crippen LogP contribution in [0.15, 0.2) is 42.5 Å². The van der Waals surface area contributed by atoms with E-state index in [0.717, 1.165) is 16.7 Å². The van der Waals surface area contributed by atoms with E-state index < -0.39 is 5.60 Å². The zero-order valence-corrected chi connectivity index (χ0v) is 11.9. The molecule has 2 N–H and O–H groups in total. The third-order valence-corrected chi connectivity index (χ3v) is 4.06. The highest BCUT2D eigenvalue weighted by Gasteiger charge is 2.38. The van der Waals surface area contributed by atoms with Gasteiger partial charge in [0.05, 0.1) is 0 Å². The molecule has 1 heterocycles. The number of halogens is 1. The third-order valence-electron chi connectivity index (χ3n) is 3.70. The zero-order valence-electron chi connectivity index (χ0n) is 11.2. The van der Waals surface area contributed by atoms with E-state index in [1.807, 2.05) is 49.5 Å². The Morgan fingerprint density at radius 1 is 1.20 bits per heavy atom. The van der Waals surface area contributed by atoms with Crippen LogP contribution in [0.3, 0.4) is 0 Å². The lowest BCUT2D eigenvalue weighted by atomic mass is 9.84. The second-order valence-corrected chi connectivity index (χ2v) is 5.35. The van der Waals surface area contributed by atoms with E-state index in [-0.39, 0.29) is 0 Å². The summed E-state index contributed by atoms with van der Waals surface area (Å²) in [5.74, 6) is 0.692. The molecule has 1 unspecified atom stereocenters. The summed E-state index contributed by atoms with van der Waals surface area (Å²) in [6.45, 7) is 0.749. The van der Waals surface area contributed by atoms with E-state index in [2.05, 4.69) is 5.32 Å². The van der Waals surface area contributed by atoms with Gasteiger partial charge in [0, 0.05) is 22.7 Å². The number of benzene rings is 2. The summed E-state index contributed by atoms with van der Waals surface area (Å²) >= 11 is 6.27. The number of rotatable bonds is 2. The van der Waals surface area contributed by atoms with Crippen LogP contribution in [0, 0.1) is 0 Å². The monoisotopic (exact) mass is 289 g/mol. The van der Waals surface area contributed by atoms with Gasteiger partial charge in [-0.25, -0.2) is 0 Å². The van der Waals surface area contributed by atoms with Gasteiger partial charge in [-0.15, -0.1) is 0 Å². The van der Waals surface area contributed by atoms with E-state index >= 15 is 0 Å². The third kappa shape index (κ3) is 1.99. The molecular formula is C16H16ClNO2. The fraction of sp³-hybridized carbons (Fsp3) is 0.250. The molecule has 0 saturated carbocycles. The van der Waals surface area contributed by atoms with Crippen LogP contribution in [-0.4, -0.2) is 18.7 Å². The van der Waals surface area contributed by atoms with E-state index in [1.54, 1.807) is 0 Å².